The third-order valence-electron chi connectivity index (χ3n) is 4.69. The monoisotopic (exact) mass is 391 g/mol. The number of hydrogen-bond donors (Lipinski definition) is 0. The average Bonchev–Trinajstić information content (AvgIpc) is 2.79. The Kier molecular flexibility index (Phi) is 6.66. The van der Waals surface area contributed by atoms with Gasteiger partial charge in [-0.1, -0.05) is 60.8 Å². The zero-order chi connectivity index (χ0) is 19.3. The van der Waals surface area contributed by atoms with Crippen LogP contribution in [0.5, 0.6) is 0 Å². The first-order valence-corrected chi connectivity index (χ1v) is 10.0. The number of halogens is 3. The van der Waals surface area contributed by atoms with Crippen LogP contribution in [0.1, 0.15) is 12.8 Å². The van der Waals surface area contributed by atoms with Gasteiger partial charge in [0.05, 0.1) is 5.57 Å². The first kappa shape index (κ1) is 20.0. The lowest BCUT2D eigenvalue weighted by atomic mass is 10.0. The standard InChI is InChI=1S/C22H24F3NS/c1-26(16-20-15-18-9-3-2-4-11-21(18)27-20)14-6-8-17-7-5-10-19(13-12-17)22(23,24)25/h2-4,6-10,12-13,15,18,21H,5,11,14,16H2,1H3/b8-6+. The van der Waals surface area contributed by atoms with Crippen LogP contribution in [0, 0.1) is 5.92 Å². The SMILES string of the molecule is CN(C/C=C/C1=CCC=C(C(F)(F)F)C=C1)CC1=CC2C=CC=CCC2S1. The molecule has 0 saturated heterocycles. The minimum absolute atomic E-state index is 0.297. The molecule has 3 aliphatic rings. The van der Waals surface area contributed by atoms with E-state index in [-0.39, 0.29) is 0 Å². The van der Waals surface area contributed by atoms with Crippen LogP contribution in [0.3, 0.4) is 0 Å². The molecule has 3 rings (SSSR count). The van der Waals surface area contributed by atoms with Crippen molar-refractivity contribution in [2.24, 2.45) is 5.92 Å². The van der Waals surface area contributed by atoms with Crippen molar-refractivity contribution < 1.29 is 13.2 Å². The second-order valence-electron chi connectivity index (χ2n) is 6.94. The summed E-state index contributed by atoms with van der Waals surface area (Å²) >= 11 is 1.96. The van der Waals surface area contributed by atoms with E-state index in [9.17, 15) is 13.2 Å². The topological polar surface area (TPSA) is 3.24 Å². The summed E-state index contributed by atoms with van der Waals surface area (Å²) in [6, 6.07) is 0. The van der Waals surface area contributed by atoms with Crippen LogP contribution in [-0.2, 0) is 0 Å². The van der Waals surface area contributed by atoms with Crippen LogP contribution in [0.25, 0.3) is 0 Å². The van der Waals surface area contributed by atoms with Crippen molar-refractivity contribution >= 4 is 11.8 Å². The Hall–Kier alpha value is -1.72. The number of allylic oxidation sites excluding steroid dienone is 12. The summed E-state index contributed by atoms with van der Waals surface area (Å²) in [5, 5.41) is 0.607. The van der Waals surface area contributed by atoms with Crippen LogP contribution in [0.15, 0.2) is 82.9 Å². The van der Waals surface area contributed by atoms with E-state index in [0.717, 1.165) is 31.2 Å². The van der Waals surface area contributed by atoms with Gasteiger partial charge in [-0.15, -0.1) is 11.8 Å². The van der Waals surface area contributed by atoms with Crippen molar-refractivity contribution in [1.82, 2.24) is 4.90 Å². The summed E-state index contributed by atoms with van der Waals surface area (Å²) in [5.74, 6) is 0.514. The second kappa shape index (κ2) is 8.98. The number of nitrogens with zero attached hydrogens (tertiary/aromatic N) is 1. The largest absolute Gasteiger partial charge is 0.416 e. The van der Waals surface area contributed by atoms with E-state index in [0.29, 0.717) is 17.6 Å². The number of thioether (sulfide) groups is 1. The van der Waals surface area contributed by atoms with Gasteiger partial charge in [0.25, 0.3) is 0 Å². The Morgan fingerprint density at radius 1 is 1.22 bits per heavy atom. The first-order chi connectivity index (χ1) is 12.9. The molecule has 0 fully saturated rings. The molecule has 5 heteroatoms. The summed E-state index contributed by atoms with van der Waals surface area (Å²) in [6.07, 6.45) is 17.8. The van der Waals surface area contributed by atoms with Crippen LogP contribution < -0.4 is 0 Å². The summed E-state index contributed by atoms with van der Waals surface area (Å²) in [6.45, 7) is 1.65. The van der Waals surface area contributed by atoms with E-state index in [1.807, 2.05) is 30.0 Å². The third-order valence-corrected chi connectivity index (χ3v) is 6.06. The maximum absolute atomic E-state index is 12.8. The first-order valence-electron chi connectivity index (χ1n) is 9.13. The number of alkyl halides is 3. The smallest absolute Gasteiger partial charge is 0.298 e. The number of hydrogen-bond acceptors (Lipinski definition) is 2. The highest BCUT2D eigenvalue weighted by Gasteiger charge is 2.31. The van der Waals surface area contributed by atoms with E-state index in [4.69, 9.17) is 0 Å². The molecule has 0 N–H and O–H groups in total. The molecule has 1 nitrogen and oxygen atoms in total. The van der Waals surface area contributed by atoms with Crippen molar-refractivity contribution in [3.63, 3.8) is 0 Å². The minimum Gasteiger partial charge on any atom is -0.298 e. The van der Waals surface area contributed by atoms with Gasteiger partial charge in [-0.25, -0.2) is 0 Å². The third kappa shape index (κ3) is 5.88. The molecule has 144 valence electrons. The Morgan fingerprint density at radius 2 is 2.07 bits per heavy atom. The zero-order valence-corrected chi connectivity index (χ0v) is 16.1. The molecule has 0 spiro atoms. The van der Waals surface area contributed by atoms with Crippen LogP contribution in [0.4, 0.5) is 13.2 Å². The van der Waals surface area contributed by atoms with Crippen LogP contribution in [-0.4, -0.2) is 36.5 Å². The maximum Gasteiger partial charge on any atom is 0.416 e. The van der Waals surface area contributed by atoms with Gasteiger partial charge >= 0.3 is 6.18 Å². The molecule has 1 heterocycles. The lowest BCUT2D eigenvalue weighted by Crippen LogP contribution is -2.20. The van der Waals surface area contributed by atoms with E-state index in [1.54, 1.807) is 0 Å². The van der Waals surface area contributed by atoms with E-state index in [2.05, 4.69) is 42.3 Å². The van der Waals surface area contributed by atoms with Crippen molar-refractivity contribution in [2.45, 2.75) is 24.3 Å². The normalized spacial score (nSPS) is 25.3. The predicted octanol–water partition coefficient (Wildman–Crippen LogP) is 5.98. The van der Waals surface area contributed by atoms with Gasteiger partial charge < -0.3 is 0 Å². The van der Waals surface area contributed by atoms with Crippen molar-refractivity contribution in [1.29, 1.82) is 0 Å². The highest BCUT2D eigenvalue weighted by Crippen LogP contribution is 2.40. The van der Waals surface area contributed by atoms with Crippen molar-refractivity contribution in [3.05, 3.63) is 82.9 Å². The van der Waals surface area contributed by atoms with Gasteiger partial charge in [0.2, 0.25) is 0 Å². The molecule has 0 aromatic carbocycles. The van der Waals surface area contributed by atoms with Gasteiger partial charge in [0.1, 0.15) is 0 Å². The fourth-order valence-corrected chi connectivity index (χ4v) is 4.72. The summed E-state index contributed by atoms with van der Waals surface area (Å²) < 4.78 is 38.3. The van der Waals surface area contributed by atoms with Crippen LogP contribution >= 0.6 is 11.8 Å². The Bertz CT molecular complexity index is 750. The molecule has 0 saturated carbocycles. The van der Waals surface area contributed by atoms with Crippen molar-refractivity contribution in [3.8, 4) is 0 Å². The Morgan fingerprint density at radius 3 is 2.89 bits per heavy atom. The quantitative estimate of drug-likeness (QED) is 0.567. The van der Waals surface area contributed by atoms with Gasteiger partial charge in [0, 0.05) is 24.3 Å². The summed E-state index contributed by atoms with van der Waals surface area (Å²) in [7, 11) is 2.07. The molecule has 1 aliphatic heterocycles. The molecule has 2 atom stereocenters. The molecule has 0 bridgehead atoms. The summed E-state index contributed by atoms with van der Waals surface area (Å²) in [4.78, 5) is 3.62. The summed E-state index contributed by atoms with van der Waals surface area (Å²) in [5.41, 5.74) is 0.234. The zero-order valence-electron chi connectivity index (χ0n) is 15.3. The molecule has 2 unspecified atom stereocenters. The van der Waals surface area contributed by atoms with Gasteiger partial charge in [0.15, 0.2) is 0 Å². The van der Waals surface area contributed by atoms with Gasteiger partial charge in [-0.3, -0.25) is 4.90 Å². The molecule has 0 amide bonds. The predicted molar refractivity (Wildman–Crippen MR) is 108 cm³/mol. The second-order valence-corrected chi connectivity index (χ2v) is 8.31. The lowest BCUT2D eigenvalue weighted by molar-refractivity contribution is -0.0883. The molecular weight excluding hydrogens is 367 g/mol. The Balaban J connectivity index is 1.48. The highest BCUT2D eigenvalue weighted by atomic mass is 32.2. The average molecular weight is 392 g/mol. The lowest BCUT2D eigenvalue weighted by Gasteiger charge is -2.16. The Labute approximate surface area is 163 Å². The highest BCUT2D eigenvalue weighted by molar-refractivity contribution is 8.04. The maximum atomic E-state index is 12.8. The molecule has 2 aliphatic carbocycles. The molecular formula is C22H24F3NS. The minimum atomic E-state index is -4.28. The molecule has 27 heavy (non-hydrogen) atoms. The van der Waals surface area contributed by atoms with Gasteiger partial charge in [-0.05, 0) is 36.4 Å². The number of fused-ring (bicyclic) bond motifs is 1. The van der Waals surface area contributed by atoms with E-state index in [1.165, 1.54) is 17.1 Å². The fraction of sp³-hybridized carbons (Fsp3) is 0.364. The molecule has 0 aromatic rings. The number of likely N-dealkylation sites (N-methyl/N-ethyl adjacent to an activating group) is 1. The molecule has 0 radical (unpaired) electrons. The number of rotatable bonds is 5. The van der Waals surface area contributed by atoms with Crippen LogP contribution in [0.2, 0.25) is 0 Å². The van der Waals surface area contributed by atoms with Gasteiger partial charge in [-0.2, -0.15) is 13.2 Å². The molecule has 0 aromatic heterocycles. The fourth-order valence-electron chi connectivity index (χ4n) is 3.27. The van der Waals surface area contributed by atoms with E-state index >= 15 is 0 Å². The van der Waals surface area contributed by atoms with E-state index < -0.39 is 11.7 Å². The van der Waals surface area contributed by atoms with Crippen molar-refractivity contribution in [2.75, 3.05) is 20.1 Å².